The van der Waals surface area contributed by atoms with Gasteiger partial charge < -0.3 is 14.8 Å². The lowest BCUT2D eigenvalue weighted by atomic mass is 10.1. The van der Waals surface area contributed by atoms with Crippen molar-refractivity contribution in [2.24, 2.45) is 0 Å². The topological polar surface area (TPSA) is 45.4 Å². The number of phenolic OH excluding ortho intramolecular Hbond substituents is 1. The summed E-state index contributed by atoms with van der Waals surface area (Å²) in [5, 5.41) is 13.9. The summed E-state index contributed by atoms with van der Waals surface area (Å²) in [6.07, 6.45) is 0. The molecule has 2 rings (SSSR count). The number of fused-ring (bicyclic) bond motifs is 1. The number of furan rings is 1. The molecule has 0 bridgehead atoms. The lowest BCUT2D eigenvalue weighted by molar-refractivity contribution is 0.453. The minimum atomic E-state index is 0.218. The molecule has 0 spiro atoms. The van der Waals surface area contributed by atoms with Crippen LogP contribution < -0.4 is 5.32 Å². The largest absolute Gasteiger partial charge is 0.504 e. The maximum atomic E-state index is 9.96. The zero-order chi connectivity index (χ0) is 11.0. The molecule has 4 heteroatoms. The molecule has 0 saturated heterocycles. The number of halogens is 1. The molecule has 0 atom stereocenters. The molecule has 0 unspecified atom stereocenters. The second kappa shape index (κ2) is 3.87. The highest BCUT2D eigenvalue weighted by molar-refractivity contribution is 9.10. The molecule has 2 aromatic rings. The summed E-state index contributed by atoms with van der Waals surface area (Å²) < 4.78 is 6.40. The Kier molecular flexibility index (Phi) is 2.71. The van der Waals surface area contributed by atoms with E-state index >= 15 is 0 Å². The van der Waals surface area contributed by atoms with Gasteiger partial charge in [0.2, 0.25) is 0 Å². The van der Waals surface area contributed by atoms with E-state index in [0.717, 1.165) is 21.2 Å². The van der Waals surface area contributed by atoms with E-state index in [1.807, 2.05) is 26.1 Å². The van der Waals surface area contributed by atoms with Gasteiger partial charge in [0, 0.05) is 22.0 Å². The van der Waals surface area contributed by atoms with E-state index in [1.165, 1.54) is 0 Å². The number of aryl methyl sites for hydroxylation is 1. The van der Waals surface area contributed by atoms with E-state index in [1.54, 1.807) is 0 Å². The quantitative estimate of drug-likeness (QED) is 0.881. The summed E-state index contributed by atoms with van der Waals surface area (Å²) >= 11 is 3.47. The van der Waals surface area contributed by atoms with Crippen LogP contribution in [-0.2, 0) is 6.54 Å². The van der Waals surface area contributed by atoms with E-state index < -0.39 is 0 Å². The van der Waals surface area contributed by atoms with Gasteiger partial charge in [-0.05, 0) is 26.1 Å². The fourth-order valence-corrected chi connectivity index (χ4v) is 2.21. The molecule has 0 amide bonds. The van der Waals surface area contributed by atoms with E-state index in [4.69, 9.17) is 4.42 Å². The Morgan fingerprint density at radius 1 is 1.47 bits per heavy atom. The average molecular weight is 270 g/mol. The van der Waals surface area contributed by atoms with E-state index in [9.17, 15) is 5.11 Å². The molecule has 0 aliphatic rings. The highest BCUT2D eigenvalue weighted by Gasteiger charge is 2.13. The number of rotatable bonds is 2. The first kappa shape index (κ1) is 10.5. The van der Waals surface area contributed by atoms with Crippen molar-refractivity contribution in [2.75, 3.05) is 7.05 Å². The molecule has 1 aromatic heterocycles. The Morgan fingerprint density at radius 3 is 2.87 bits per heavy atom. The number of hydrogen-bond donors (Lipinski definition) is 2. The van der Waals surface area contributed by atoms with Gasteiger partial charge in [0.1, 0.15) is 5.76 Å². The Morgan fingerprint density at radius 2 is 2.20 bits per heavy atom. The Labute approximate surface area is 96.2 Å². The molecule has 15 heavy (non-hydrogen) atoms. The minimum Gasteiger partial charge on any atom is -0.504 e. The van der Waals surface area contributed by atoms with Gasteiger partial charge in [-0.3, -0.25) is 0 Å². The molecule has 1 aromatic carbocycles. The summed E-state index contributed by atoms with van der Waals surface area (Å²) in [6, 6.07) is 3.81. The lowest BCUT2D eigenvalue weighted by Gasteiger charge is -2.05. The standard InChI is InChI=1S/C11H12BrNO2/c1-6-3-8-9(12)4-7(5-13-2)10(14)11(8)15-6/h3-4,13-14H,5H2,1-2H3. The summed E-state index contributed by atoms with van der Waals surface area (Å²) in [7, 11) is 1.84. The van der Waals surface area contributed by atoms with Crippen LogP contribution in [0.25, 0.3) is 11.0 Å². The fraction of sp³-hybridized carbons (Fsp3) is 0.273. The van der Waals surface area contributed by atoms with Gasteiger partial charge in [-0.1, -0.05) is 15.9 Å². The van der Waals surface area contributed by atoms with Crippen molar-refractivity contribution in [3.05, 3.63) is 27.9 Å². The predicted octanol–water partition coefficient (Wildman–Crippen LogP) is 2.93. The predicted molar refractivity (Wildman–Crippen MR) is 63.1 cm³/mol. The van der Waals surface area contributed by atoms with Gasteiger partial charge >= 0.3 is 0 Å². The van der Waals surface area contributed by atoms with Gasteiger partial charge in [0.05, 0.1) is 0 Å². The Balaban J connectivity index is 2.71. The third-order valence-electron chi connectivity index (χ3n) is 2.30. The SMILES string of the molecule is CNCc1cc(Br)c2cc(C)oc2c1O. The second-order valence-electron chi connectivity index (χ2n) is 3.50. The molecule has 1 heterocycles. The Hall–Kier alpha value is -1.00. The maximum Gasteiger partial charge on any atom is 0.177 e. The van der Waals surface area contributed by atoms with Crippen molar-refractivity contribution >= 4 is 26.9 Å². The highest BCUT2D eigenvalue weighted by Crippen LogP contribution is 2.36. The number of hydrogen-bond acceptors (Lipinski definition) is 3. The van der Waals surface area contributed by atoms with Crippen molar-refractivity contribution in [2.45, 2.75) is 13.5 Å². The number of nitrogens with one attached hydrogen (secondary N) is 1. The summed E-state index contributed by atoms with van der Waals surface area (Å²) in [5.41, 5.74) is 1.37. The Bertz CT molecular complexity index is 505. The number of aromatic hydroxyl groups is 1. The molecule has 2 N–H and O–H groups in total. The smallest absolute Gasteiger partial charge is 0.177 e. The van der Waals surface area contributed by atoms with Gasteiger partial charge in [0.15, 0.2) is 11.3 Å². The van der Waals surface area contributed by atoms with Crippen LogP contribution in [0.3, 0.4) is 0 Å². The van der Waals surface area contributed by atoms with Gasteiger partial charge in [-0.2, -0.15) is 0 Å². The minimum absolute atomic E-state index is 0.218. The zero-order valence-electron chi connectivity index (χ0n) is 8.60. The van der Waals surface area contributed by atoms with Crippen LogP contribution in [0.4, 0.5) is 0 Å². The van der Waals surface area contributed by atoms with Crippen LogP contribution in [0.1, 0.15) is 11.3 Å². The molecule has 80 valence electrons. The van der Waals surface area contributed by atoms with Crippen LogP contribution >= 0.6 is 15.9 Å². The van der Waals surface area contributed by atoms with Crippen molar-refractivity contribution in [3.63, 3.8) is 0 Å². The summed E-state index contributed by atoms with van der Waals surface area (Å²) in [4.78, 5) is 0. The first-order valence-corrected chi connectivity index (χ1v) is 5.48. The molecular weight excluding hydrogens is 258 g/mol. The average Bonchev–Trinajstić information content (AvgIpc) is 2.57. The van der Waals surface area contributed by atoms with Crippen molar-refractivity contribution in [1.82, 2.24) is 5.32 Å². The van der Waals surface area contributed by atoms with Crippen molar-refractivity contribution < 1.29 is 9.52 Å². The summed E-state index contributed by atoms with van der Waals surface area (Å²) in [6.45, 7) is 2.48. The fourth-order valence-electron chi connectivity index (χ4n) is 1.64. The van der Waals surface area contributed by atoms with Crippen LogP contribution in [0, 0.1) is 6.92 Å². The van der Waals surface area contributed by atoms with Gasteiger partial charge in [-0.25, -0.2) is 0 Å². The van der Waals surface area contributed by atoms with E-state index in [-0.39, 0.29) is 5.75 Å². The van der Waals surface area contributed by atoms with Crippen LogP contribution in [-0.4, -0.2) is 12.2 Å². The monoisotopic (exact) mass is 269 g/mol. The molecule has 0 fully saturated rings. The number of phenols is 1. The van der Waals surface area contributed by atoms with Crippen molar-refractivity contribution in [1.29, 1.82) is 0 Å². The first-order valence-electron chi connectivity index (χ1n) is 4.68. The van der Waals surface area contributed by atoms with Crippen LogP contribution in [0.2, 0.25) is 0 Å². The first-order chi connectivity index (χ1) is 7.13. The highest BCUT2D eigenvalue weighted by atomic mass is 79.9. The molecule has 0 saturated carbocycles. The maximum absolute atomic E-state index is 9.96. The number of benzene rings is 1. The second-order valence-corrected chi connectivity index (χ2v) is 4.35. The van der Waals surface area contributed by atoms with Gasteiger partial charge in [-0.15, -0.1) is 0 Å². The molecule has 0 aliphatic heterocycles. The summed E-state index contributed by atoms with van der Waals surface area (Å²) in [5.74, 6) is 1.01. The lowest BCUT2D eigenvalue weighted by Crippen LogP contribution is -2.05. The normalized spacial score (nSPS) is 11.1. The zero-order valence-corrected chi connectivity index (χ0v) is 10.2. The van der Waals surface area contributed by atoms with Crippen molar-refractivity contribution in [3.8, 4) is 5.75 Å². The molecule has 0 aliphatic carbocycles. The van der Waals surface area contributed by atoms with Gasteiger partial charge in [0.25, 0.3) is 0 Å². The van der Waals surface area contributed by atoms with E-state index in [0.29, 0.717) is 12.1 Å². The van der Waals surface area contributed by atoms with Crippen LogP contribution in [0.15, 0.2) is 21.0 Å². The van der Waals surface area contributed by atoms with E-state index in [2.05, 4.69) is 21.2 Å². The molecule has 3 nitrogen and oxygen atoms in total. The third kappa shape index (κ3) is 1.75. The third-order valence-corrected chi connectivity index (χ3v) is 2.96. The molecular formula is C11H12BrNO2. The van der Waals surface area contributed by atoms with Crippen LogP contribution in [0.5, 0.6) is 5.75 Å². The molecule has 0 radical (unpaired) electrons.